The van der Waals surface area contributed by atoms with Crippen LogP contribution in [-0.2, 0) is 0 Å². The van der Waals surface area contributed by atoms with Crippen molar-refractivity contribution in [1.29, 1.82) is 0 Å². The molecule has 0 aliphatic carbocycles. The molecule has 0 N–H and O–H groups in total. The highest BCUT2D eigenvalue weighted by Crippen LogP contribution is 2.12. The standard InChI is InChI=1S/C27H28/c1-3-5-7-9-16-24-18-11-13-20-26(24)22-15-23-27-21-14-12-19-25(27)17-10-8-6-4-2/h11-14,18-23H,3-8H2,1-2H3. The van der Waals surface area contributed by atoms with Gasteiger partial charge in [0.15, 0.2) is 0 Å². The van der Waals surface area contributed by atoms with Gasteiger partial charge in [0.2, 0.25) is 0 Å². The van der Waals surface area contributed by atoms with E-state index < -0.39 is 0 Å². The van der Waals surface area contributed by atoms with E-state index in [0.29, 0.717) is 0 Å². The molecule has 0 fully saturated rings. The highest BCUT2D eigenvalue weighted by atomic mass is 14.0. The molecule has 27 heavy (non-hydrogen) atoms. The normalized spacial score (nSPS) is 9.26. The van der Waals surface area contributed by atoms with Gasteiger partial charge in [-0.2, -0.15) is 0 Å². The van der Waals surface area contributed by atoms with Gasteiger partial charge in [-0.05, 0) is 48.3 Å². The molecule has 0 saturated carbocycles. The number of unbranched alkanes of at least 4 members (excludes halogenated alkanes) is 4. The fourth-order valence-electron chi connectivity index (χ4n) is 2.54. The smallest absolute Gasteiger partial charge is 0.0323 e. The predicted octanol–water partition coefficient (Wildman–Crippen LogP) is 7.10. The molecule has 0 aliphatic heterocycles. The minimum atomic E-state index is 0.953. The van der Waals surface area contributed by atoms with E-state index in [2.05, 4.69) is 67.5 Å². The van der Waals surface area contributed by atoms with E-state index in [0.717, 1.165) is 47.9 Å². The molecule has 0 spiro atoms. The molecule has 2 aromatic carbocycles. The molecule has 0 aliphatic rings. The summed E-state index contributed by atoms with van der Waals surface area (Å²) in [4.78, 5) is 0. The van der Waals surface area contributed by atoms with Gasteiger partial charge >= 0.3 is 0 Å². The van der Waals surface area contributed by atoms with Crippen LogP contribution in [0.5, 0.6) is 0 Å². The Kier molecular flexibility index (Phi) is 9.39. The molecular weight excluding hydrogens is 324 g/mol. The summed E-state index contributed by atoms with van der Waals surface area (Å²) < 4.78 is 0. The molecule has 136 valence electrons. The molecule has 0 heteroatoms. The SMILES string of the molecule is CCCCC#Cc1ccccc1C=C=Cc1ccccc1C#CCCCC. The fraction of sp³-hybridized carbons (Fsp3) is 0.296. The monoisotopic (exact) mass is 352 g/mol. The second-order valence-corrected chi connectivity index (χ2v) is 6.44. The predicted molar refractivity (Wildman–Crippen MR) is 118 cm³/mol. The van der Waals surface area contributed by atoms with Crippen molar-refractivity contribution >= 4 is 12.2 Å². The van der Waals surface area contributed by atoms with Crippen LogP contribution in [0.2, 0.25) is 0 Å². The second kappa shape index (κ2) is 12.4. The van der Waals surface area contributed by atoms with Gasteiger partial charge in [0.1, 0.15) is 0 Å². The van der Waals surface area contributed by atoms with Gasteiger partial charge in [-0.1, -0.05) is 86.8 Å². The van der Waals surface area contributed by atoms with E-state index in [1.165, 1.54) is 12.8 Å². The molecule has 0 aromatic heterocycles. The van der Waals surface area contributed by atoms with Gasteiger partial charge in [0.25, 0.3) is 0 Å². The van der Waals surface area contributed by atoms with Crippen molar-refractivity contribution in [2.45, 2.75) is 52.4 Å². The zero-order valence-corrected chi connectivity index (χ0v) is 16.5. The first-order chi connectivity index (χ1) is 13.3. The molecular formula is C27H28. The van der Waals surface area contributed by atoms with Crippen molar-refractivity contribution in [2.75, 3.05) is 0 Å². The summed E-state index contributed by atoms with van der Waals surface area (Å²) in [7, 11) is 0. The Bertz CT molecular complexity index is 827. The van der Waals surface area contributed by atoms with Crippen molar-refractivity contribution in [3.8, 4) is 23.7 Å². The summed E-state index contributed by atoms with van der Waals surface area (Å²) in [6, 6.07) is 16.5. The minimum Gasteiger partial charge on any atom is -0.119 e. The molecule has 2 rings (SSSR count). The zero-order valence-electron chi connectivity index (χ0n) is 16.5. The van der Waals surface area contributed by atoms with E-state index in [9.17, 15) is 0 Å². The Balaban J connectivity index is 2.20. The fourth-order valence-corrected chi connectivity index (χ4v) is 2.54. The largest absolute Gasteiger partial charge is 0.119 e. The molecule has 0 bridgehead atoms. The van der Waals surface area contributed by atoms with Gasteiger partial charge in [-0.25, -0.2) is 0 Å². The molecule has 0 radical (unpaired) electrons. The maximum Gasteiger partial charge on any atom is 0.0323 e. The van der Waals surface area contributed by atoms with Crippen LogP contribution in [0.3, 0.4) is 0 Å². The lowest BCUT2D eigenvalue weighted by atomic mass is 10.1. The first-order valence-electron chi connectivity index (χ1n) is 9.93. The summed E-state index contributed by atoms with van der Waals surface area (Å²) in [6.07, 6.45) is 10.6. The van der Waals surface area contributed by atoms with Gasteiger partial charge in [0, 0.05) is 24.0 Å². The Hall–Kier alpha value is -2.92. The summed E-state index contributed by atoms with van der Waals surface area (Å²) in [6.45, 7) is 4.38. The number of benzene rings is 2. The summed E-state index contributed by atoms with van der Waals surface area (Å²) in [5.41, 5.74) is 7.63. The van der Waals surface area contributed by atoms with Crippen LogP contribution < -0.4 is 0 Å². The van der Waals surface area contributed by atoms with Crippen LogP contribution in [-0.4, -0.2) is 0 Å². The van der Waals surface area contributed by atoms with Crippen LogP contribution >= 0.6 is 0 Å². The Morgan fingerprint density at radius 2 is 1.11 bits per heavy atom. The van der Waals surface area contributed by atoms with Gasteiger partial charge in [0.05, 0.1) is 0 Å². The van der Waals surface area contributed by atoms with Crippen LogP contribution in [0.1, 0.15) is 74.6 Å². The lowest BCUT2D eigenvalue weighted by Crippen LogP contribution is -1.81. The van der Waals surface area contributed by atoms with Crippen molar-refractivity contribution in [2.24, 2.45) is 0 Å². The molecule has 0 heterocycles. The van der Waals surface area contributed by atoms with Crippen molar-refractivity contribution < 1.29 is 0 Å². The average Bonchev–Trinajstić information content (AvgIpc) is 2.70. The first kappa shape index (κ1) is 20.4. The zero-order chi connectivity index (χ0) is 19.2. The Morgan fingerprint density at radius 1 is 0.667 bits per heavy atom. The Morgan fingerprint density at radius 3 is 1.56 bits per heavy atom. The first-order valence-corrected chi connectivity index (χ1v) is 9.93. The molecule has 0 nitrogen and oxygen atoms in total. The van der Waals surface area contributed by atoms with E-state index in [1.807, 2.05) is 36.4 Å². The van der Waals surface area contributed by atoms with E-state index in [-0.39, 0.29) is 0 Å². The van der Waals surface area contributed by atoms with Crippen molar-refractivity contribution in [3.63, 3.8) is 0 Å². The van der Waals surface area contributed by atoms with E-state index in [4.69, 9.17) is 0 Å². The maximum atomic E-state index is 3.32. The van der Waals surface area contributed by atoms with Crippen LogP contribution in [0.25, 0.3) is 12.2 Å². The number of hydrogen-bond acceptors (Lipinski definition) is 0. The average molecular weight is 353 g/mol. The lowest BCUT2D eigenvalue weighted by Gasteiger charge is -1.97. The number of rotatable bonds is 6. The quantitative estimate of drug-likeness (QED) is 0.295. The van der Waals surface area contributed by atoms with Crippen molar-refractivity contribution in [1.82, 2.24) is 0 Å². The lowest BCUT2D eigenvalue weighted by molar-refractivity contribution is 0.828. The summed E-state index contributed by atoms with van der Waals surface area (Å²) >= 11 is 0. The van der Waals surface area contributed by atoms with Crippen LogP contribution in [0.15, 0.2) is 54.3 Å². The highest BCUT2D eigenvalue weighted by molar-refractivity contribution is 5.65. The third kappa shape index (κ3) is 7.46. The third-order valence-electron chi connectivity index (χ3n) is 4.16. The Labute approximate surface area is 165 Å². The highest BCUT2D eigenvalue weighted by Gasteiger charge is 1.95. The molecule has 0 amide bonds. The van der Waals surface area contributed by atoms with Crippen molar-refractivity contribution in [3.05, 3.63) is 76.5 Å². The van der Waals surface area contributed by atoms with Gasteiger partial charge < -0.3 is 0 Å². The molecule has 0 saturated heterocycles. The maximum absolute atomic E-state index is 3.32. The summed E-state index contributed by atoms with van der Waals surface area (Å²) in [5, 5.41) is 0. The topological polar surface area (TPSA) is 0 Å². The van der Waals surface area contributed by atoms with Gasteiger partial charge in [-0.3, -0.25) is 0 Å². The minimum absolute atomic E-state index is 0.953. The van der Waals surface area contributed by atoms with Gasteiger partial charge in [-0.15, -0.1) is 5.73 Å². The second-order valence-electron chi connectivity index (χ2n) is 6.44. The van der Waals surface area contributed by atoms with E-state index in [1.54, 1.807) is 0 Å². The van der Waals surface area contributed by atoms with E-state index >= 15 is 0 Å². The molecule has 0 unspecified atom stereocenters. The number of hydrogen-bond donors (Lipinski definition) is 0. The van der Waals surface area contributed by atoms with Crippen LogP contribution in [0, 0.1) is 23.7 Å². The summed E-state index contributed by atoms with van der Waals surface area (Å²) in [5.74, 6) is 13.1. The molecule has 2 aromatic rings. The third-order valence-corrected chi connectivity index (χ3v) is 4.16. The van der Waals surface area contributed by atoms with Crippen LogP contribution in [0.4, 0.5) is 0 Å². The molecule has 0 atom stereocenters.